The Morgan fingerprint density at radius 3 is 2.62 bits per heavy atom. The fraction of sp³-hybridized carbons (Fsp3) is 0.647. The summed E-state index contributed by atoms with van der Waals surface area (Å²) in [6, 6.07) is 6.37. The Hall–Kier alpha value is -0.580. The first-order valence-corrected chi connectivity index (χ1v) is 8.41. The highest BCUT2D eigenvalue weighted by Gasteiger charge is 2.39. The summed E-state index contributed by atoms with van der Waals surface area (Å²) >= 11 is 3.58. The Balaban J connectivity index is 2.20. The molecule has 0 spiro atoms. The van der Waals surface area contributed by atoms with Crippen LogP contribution in [0.25, 0.3) is 0 Å². The zero-order valence-electron chi connectivity index (χ0n) is 13.8. The molecule has 1 saturated heterocycles. The van der Waals surface area contributed by atoms with E-state index in [0.29, 0.717) is 0 Å². The number of nitrogens with zero attached hydrogens (tertiary/aromatic N) is 1. The molecule has 1 aliphatic heterocycles. The fourth-order valence-corrected chi connectivity index (χ4v) is 3.48. The lowest BCUT2D eigenvalue weighted by Gasteiger charge is -2.51. The summed E-state index contributed by atoms with van der Waals surface area (Å²) in [4.78, 5) is 2.61. The largest absolute Gasteiger partial charge is 0.496 e. The normalized spacial score (nSPS) is 25.8. The van der Waals surface area contributed by atoms with Gasteiger partial charge in [-0.1, -0.05) is 13.0 Å². The summed E-state index contributed by atoms with van der Waals surface area (Å²) in [6.45, 7) is 12.2. The van der Waals surface area contributed by atoms with Gasteiger partial charge in [0.1, 0.15) is 5.75 Å². The number of benzene rings is 1. The van der Waals surface area contributed by atoms with Crippen LogP contribution in [-0.4, -0.2) is 36.2 Å². The van der Waals surface area contributed by atoms with Gasteiger partial charge >= 0.3 is 0 Å². The fourth-order valence-electron chi connectivity index (χ4n) is 2.89. The summed E-state index contributed by atoms with van der Waals surface area (Å²) in [5.74, 6) is 0.887. The van der Waals surface area contributed by atoms with E-state index in [1.54, 1.807) is 7.11 Å². The number of ether oxygens (including phenoxy) is 1. The maximum atomic E-state index is 5.31. The van der Waals surface area contributed by atoms with Gasteiger partial charge in [0, 0.05) is 30.7 Å². The third-order valence-corrected chi connectivity index (χ3v) is 5.27. The Morgan fingerprint density at radius 1 is 1.33 bits per heavy atom. The van der Waals surface area contributed by atoms with Crippen LogP contribution in [0.1, 0.15) is 39.7 Å². The molecule has 1 fully saturated rings. The highest BCUT2D eigenvalue weighted by molar-refractivity contribution is 9.10. The van der Waals surface area contributed by atoms with Gasteiger partial charge in [-0.15, -0.1) is 0 Å². The van der Waals surface area contributed by atoms with Crippen molar-refractivity contribution in [3.63, 3.8) is 0 Å². The van der Waals surface area contributed by atoms with Gasteiger partial charge in [-0.05, 0) is 60.8 Å². The van der Waals surface area contributed by atoms with Crippen molar-refractivity contribution < 1.29 is 4.74 Å². The second kappa shape index (κ2) is 6.27. The van der Waals surface area contributed by atoms with Crippen LogP contribution < -0.4 is 10.1 Å². The molecular weight excluding hydrogens is 328 g/mol. The predicted octanol–water partition coefficient (Wildman–Crippen LogP) is 3.81. The van der Waals surface area contributed by atoms with Gasteiger partial charge in [0.2, 0.25) is 0 Å². The Kier molecular flexibility index (Phi) is 5.01. The molecule has 2 rings (SSSR count). The molecule has 0 saturated carbocycles. The number of hydrogen-bond donors (Lipinski definition) is 1. The van der Waals surface area contributed by atoms with Gasteiger partial charge < -0.3 is 10.1 Å². The predicted molar refractivity (Wildman–Crippen MR) is 91.9 cm³/mol. The summed E-state index contributed by atoms with van der Waals surface area (Å²) in [7, 11) is 1.70. The van der Waals surface area contributed by atoms with Crippen molar-refractivity contribution >= 4 is 15.9 Å². The molecule has 0 amide bonds. The topological polar surface area (TPSA) is 24.5 Å². The lowest BCUT2D eigenvalue weighted by Crippen LogP contribution is -2.66. The number of methoxy groups -OCH3 is 1. The van der Waals surface area contributed by atoms with Gasteiger partial charge in [-0.2, -0.15) is 0 Å². The van der Waals surface area contributed by atoms with Gasteiger partial charge in [0.15, 0.2) is 0 Å². The van der Waals surface area contributed by atoms with Crippen molar-refractivity contribution in [2.75, 3.05) is 20.2 Å². The van der Waals surface area contributed by atoms with Gasteiger partial charge in [0.25, 0.3) is 0 Å². The summed E-state index contributed by atoms with van der Waals surface area (Å²) in [5.41, 5.74) is 1.69. The van der Waals surface area contributed by atoms with Crippen LogP contribution >= 0.6 is 15.9 Å². The van der Waals surface area contributed by atoms with Crippen LogP contribution in [0.4, 0.5) is 0 Å². The van der Waals surface area contributed by atoms with Crippen molar-refractivity contribution in [3.05, 3.63) is 28.2 Å². The SMILES string of the molecule is CCC1(C)CNC(C)(C)CN1Cc1ccc(OC)c(Br)c1. The molecule has 1 aliphatic rings. The van der Waals surface area contributed by atoms with Crippen molar-refractivity contribution in [1.82, 2.24) is 10.2 Å². The van der Waals surface area contributed by atoms with Crippen LogP contribution in [0.5, 0.6) is 5.75 Å². The molecule has 118 valence electrons. The zero-order valence-corrected chi connectivity index (χ0v) is 15.4. The molecule has 1 unspecified atom stereocenters. The maximum absolute atomic E-state index is 5.31. The minimum Gasteiger partial charge on any atom is -0.496 e. The monoisotopic (exact) mass is 354 g/mol. The third kappa shape index (κ3) is 3.79. The second-order valence-corrected chi connectivity index (χ2v) is 7.77. The molecule has 3 nitrogen and oxygen atoms in total. The molecule has 1 heterocycles. The first kappa shape index (κ1) is 16.8. The van der Waals surface area contributed by atoms with Crippen LogP contribution in [0.2, 0.25) is 0 Å². The van der Waals surface area contributed by atoms with Crippen LogP contribution in [-0.2, 0) is 6.54 Å². The molecule has 1 aromatic rings. The molecule has 1 atom stereocenters. The molecule has 1 N–H and O–H groups in total. The molecule has 0 bridgehead atoms. The summed E-state index contributed by atoms with van der Waals surface area (Å²) < 4.78 is 6.34. The van der Waals surface area contributed by atoms with Crippen LogP contribution in [0, 0.1) is 0 Å². The standard InChI is InChI=1S/C17H27BrN2O/c1-6-17(4)11-19-16(2,3)12-20(17)10-13-7-8-15(21-5)14(18)9-13/h7-9,19H,6,10-12H2,1-5H3. The van der Waals surface area contributed by atoms with Crippen molar-refractivity contribution in [2.24, 2.45) is 0 Å². The minimum absolute atomic E-state index is 0.165. The van der Waals surface area contributed by atoms with Crippen molar-refractivity contribution in [2.45, 2.75) is 51.7 Å². The highest BCUT2D eigenvalue weighted by Crippen LogP contribution is 2.31. The maximum Gasteiger partial charge on any atom is 0.133 e. The molecule has 21 heavy (non-hydrogen) atoms. The molecule has 0 aromatic heterocycles. The van der Waals surface area contributed by atoms with Crippen LogP contribution in [0.3, 0.4) is 0 Å². The van der Waals surface area contributed by atoms with Crippen molar-refractivity contribution in [1.29, 1.82) is 0 Å². The average molecular weight is 355 g/mol. The number of rotatable bonds is 4. The minimum atomic E-state index is 0.165. The van der Waals surface area contributed by atoms with E-state index in [1.807, 2.05) is 6.07 Å². The molecule has 0 aliphatic carbocycles. The highest BCUT2D eigenvalue weighted by atomic mass is 79.9. The number of halogens is 1. The smallest absolute Gasteiger partial charge is 0.133 e. The third-order valence-electron chi connectivity index (χ3n) is 4.65. The van der Waals surface area contributed by atoms with E-state index < -0.39 is 0 Å². The lowest BCUT2D eigenvalue weighted by atomic mass is 9.87. The molecule has 1 aromatic carbocycles. The van der Waals surface area contributed by atoms with Gasteiger partial charge in [0.05, 0.1) is 11.6 Å². The van der Waals surface area contributed by atoms with E-state index in [0.717, 1.165) is 36.3 Å². The first-order valence-electron chi connectivity index (χ1n) is 7.62. The van der Waals surface area contributed by atoms with Crippen LogP contribution in [0.15, 0.2) is 22.7 Å². The Bertz CT molecular complexity index is 504. The first-order chi connectivity index (χ1) is 9.79. The van der Waals surface area contributed by atoms with E-state index in [-0.39, 0.29) is 11.1 Å². The van der Waals surface area contributed by atoms with E-state index in [1.165, 1.54) is 5.56 Å². The second-order valence-electron chi connectivity index (χ2n) is 6.91. The summed E-state index contributed by atoms with van der Waals surface area (Å²) in [6.07, 6.45) is 1.15. The van der Waals surface area contributed by atoms with E-state index >= 15 is 0 Å². The van der Waals surface area contributed by atoms with E-state index in [9.17, 15) is 0 Å². The Labute approximate surface area is 137 Å². The Morgan fingerprint density at radius 2 is 2.05 bits per heavy atom. The molecule has 0 radical (unpaired) electrons. The number of piperazine rings is 1. The van der Waals surface area contributed by atoms with Gasteiger partial charge in [-0.3, -0.25) is 4.90 Å². The number of nitrogens with one attached hydrogen (secondary N) is 1. The number of hydrogen-bond acceptors (Lipinski definition) is 3. The molecule has 4 heteroatoms. The van der Waals surface area contributed by atoms with E-state index in [2.05, 4.69) is 66.0 Å². The van der Waals surface area contributed by atoms with E-state index in [4.69, 9.17) is 4.74 Å². The van der Waals surface area contributed by atoms with Crippen molar-refractivity contribution in [3.8, 4) is 5.75 Å². The summed E-state index contributed by atoms with van der Waals surface area (Å²) in [5, 5.41) is 3.67. The zero-order chi connectivity index (χ0) is 15.7. The average Bonchev–Trinajstić information content (AvgIpc) is 2.43. The quantitative estimate of drug-likeness (QED) is 0.889. The lowest BCUT2D eigenvalue weighted by molar-refractivity contribution is 0.0175. The molecular formula is C17H27BrN2O. The van der Waals surface area contributed by atoms with Gasteiger partial charge in [-0.25, -0.2) is 0 Å².